The van der Waals surface area contributed by atoms with Gasteiger partial charge in [0.2, 0.25) is 0 Å². The van der Waals surface area contributed by atoms with Crippen LogP contribution in [0.2, 0.25) is 0 Å². The molecule has 0 bridgehead atoms. The first-order chi connectivity index (χ1) is 8.33. The van der Waals surface area contributed by atoms with Crippen molar-refractivity contribution in [2.24, 2.45) is 5.92 Å². The van der Waals surface area contributed by atoms with Crippen LogP contribution in [0.1, 0.15) is 36.6 Å². The number of rotatable bonds is 4. The lowest BCUT2D eigenvalue weighted by molar-refractivity contribution is 0.386. The standard InChI is InChI=1S/C13H19NOS2/c15-17-8-5-11(6-9-17)14-13(10-3-4-10)12-2-1-7-16-12/h1-2,7,10-11,13-14H,3-6,8-9H2. The number of nitrogens with one attached hydrogen (secondary N) is 1. The summed E-state index contributed by atoms with van der Waals surface area (Å²) in [6.45, 7) is 0. The smallest absolute Gasteiger partial charge is 0.0445 e. The number of hydrogen-bond acceptors (Lipinski definition) is 3. The van der Waals surface area contributed by atoms with E-state index in [1.54, 1.807) is 0 Å². The van der Waals surface area contributed by atoms with E-state index in [-0.39, 0.29) is 0 Å². The fourth-order valence-corrected chi connectivity index (χ4v) is 4.74. The van der Waals surface area contributed by atoms with E-state index in [2.05, 4.69) is 22.8 Å². The van der Waals surface area contributed by atoms with Crippen molar-refractivity contribution in [3.63, 3.8) is 0 Å². The molecule has 1 N–H and O–H groups in total. The summed E-state index contributed by atoms with van der Waals surface area (Å²) in [5.41, 5.74) is 0. The zero-order valence-electron chi connectivity index (χ0n) is 9.93. The molecule has 2 aliphatic rings. The molecule has 0 amide bonds. The van der Waals surface area contributed by atoms with Gasteiger partial charge < -0.3 is 5.32 Å². The molecule has 94 valence electrons. The molecule has 1 aromatic heterocycles. The normalized spacial score (nSPS) is 31.3. The van der Waals surface area contributed by atoms with Gasteiger partial charge in [-0.1, -0.05) is 6.07 Å². The van der Waals surface area contributed by atoms with Crippen molar-refractivity contribution in [1.82, 2.24) is 5.32 Å². The predicted octanol–water partition coefficient (Wildman–Crippen LogP) is 2.70. The average Bonchev–Trinajstić information content (AvgIpc) is 3.03. The molecule has 1 saturated carbocycles. The molecule has 1 atom stereocenters. The van der Waals surface area contributed by atoms with Gasteiger partial charge in [0.1, 0.15) is 0 Å². The quantitative estimate of drug-likeness (QED) is 0.910. The Hall–Kier alpha value is -0.190. The third-order valence-electron chi connectivity index (χ3n) is 3.75. The SMILES string of the molecule is O=S1CCC(NC(c2cccs2)C2CC2)CC1. The minimum atomic E-state index is -0.545. The number of hydrogen-bond donors (Lipinski definition) is 1. The second kappa shape index (κ2) is 5.21. The summed E-state index contributed by atoms with van der Waals surface area (Å²) in [5.74, 6) is 2.62. The fraction of sp³-hybridized carbons (Fsp3) is 0.692. The lowest BCUT2D eigenvalue weighted by atomic mass is 10.1. The third kappa shape index (κ3) is 2.98. The molecule has 1 aromatic rings. The minimum absolute atomic E-state index is 0.545. The first-order valence-corrected chi connectivity index (χ1v) is 8.84. The monoisotopic (exact) mass is 269 g/mol. The van der Waals surface area contributed by atoms with Crippen LogP contribution in [0.3, 0.4) is 0 Å². The molecule has 2 nitrogen and oxygen atoms in total. The Balaban J connectivity index is 1.63. The van der Waals surface area contributed by atoms with Crippen LogP contribution < -0.4 is 5.32 Å². The van der Waals surface area contributed by atoms with Crippen LogP contribution in [0.5, 0.6) is 0 Å². The highest BCUT2D eigenvalue weighted by molar-refractivity contribution is 7.85. The molecule has 2 fully saturated rings. The van der Waals surface area contributed by atoms with E-state index in [1.165, 1.54) is 17.7 Å². The number of thiophene rings is 1. The maximum absolute atomic E-state index is 11.4. The Morgan fingerprint density at radius 3 is 2.65 bits per heavy atom. The fourth-order valence-electron chi connectivity index (χ4n) is 2.56. The summed E-state index contributed by atoms with van der Waals surface area (Å²) in [6.07, 6.45) is 4.91. The summed E-state index contributed by atoms with van der Waals surface area (Å²) in [7, 11) is -0.545. The maximum Gasteiger partial charge on any atom is 0.0445 e. The van der Waals surface area contributed by atoms with Crippen molar-refractivity contribution >= 4 is 22.1 Å². The maximum atomic E-state index is 11.4. The molecule has 17 heavy (non-hydrogen) atoms. The van der Waals surface area contributed by atoms with Crippen molar-refractivity contribution in [2.75, 3.05) is 11.5 Å². The van der Waals surface area contributed by atoms with Gasteiger partial charge in [-0.25, -0.2) is 0 Å². The van der Waals surface area contributed by atoms with Gasteiger partial charge >= 0.3 is 0 Å². The molecule has 0 spiro atoms. The Morgan fingerprint density at radius 1 is 1.29 bits per heavy atom. The second-order valence-corrected chi connectivity index (χ2v) is 7.79. The van der Waals surface area contributed by atoms with Crippen LogP contribution >= 0.6 is 11.3 Å². The van der Waals surface area contributed by atoms with Gasteiger partial charge in [0, 0.05) is 39.3 Å². The van der Waals surface area contributed by atoms with Gasteiger partial charge in [-0.3, -0.25) is 4.21 Å². The average molecular weight is 269 g/mol. The van der Waals surface area contributed by atoms with Crippen LogP contribution in [0.4, 0.5) is 0 Å². The van der Waals surface area contributed by atoms with Gasteiger partial charge in [-0.05, 0) is 43.0 Å². The van der Waals surface area contributed by atoms with Gasteiger partial charge in [0.15, 0.2) is 0 Å². The molecular formula is C13H19NOS2. The first kappa shape index (κ1) is 11.9. The highest BCUT2D eigenvalue weighted by Gasteiger charge is 2.34. The lowest BCUT2D eigenvalue weighted by Crippen LogP contribution is -2.38. The van der Waals surface area contributed by atoms with Crippen molar-refractivity contribution in [1.29, 1.82) is 0 Å². The van der Waals surface area contributed by atoms with Crippen molar-refractivity contribution in [2.45, 2.75) is 37.8 Å². The van der Waals surface area contributed by atoms with E-state index in [4.69, 9.17) is 0 Å². The van der Waals surface area contributed by atoms with Gasteiger partial charge in [-0.15, -0.1) is 11.3 Å². The van der Waals surface area contributed by atoms with Crippen molar-refractivity contribution in [3.8, 4) is 0 Å². The van der Waals surface area contributed by atoms with E-state index < -0.39 is 10.8 Å². The van der Waals surface area contributed by atoms with Crippen molar-refractivity contribution in [3.05, 3.63) is 22.4 Å². The minimum Gasteiger partial charge on any atom is -0.306 e. The predicted molar refractivity (Wildman–Crippen MR) is 73.8 cm³/mol. The summed E-state index contributed by atoms with van der Waals surface area (Å²) in [5, 5.41) is 5.99. The van der Waals surface area contributed by atoms with Gasteiger partial charge in [0.05, 0.1) is 0 Å². The van der Waals surface area contributed by atoms with E-state index in [0.29, 0.717) is 12.1 Å². The van der Waals surface area contributed by atoms with Crippen LogP contribution in [-0.4, -0.2) is 21.8 Å². The molecule has 2 heterocycles. The highest BCUT2D eigenvalue weighted by Crippen LogP contribution is 2.42. The van der Waals surface area contributed by atoms with E-state index in [0.717, 1.165) is 30.3 Å². The molecule has 0 radical (unpaired) electrons. The molecule has 1 aliphatic heterocycles. The molecule has 3 rings (SSSR count). The first-order valence-electron chi connectivity index (χ1n) is 6.47. The summed E-state index contributed by atoms with van der Waals surface area (Å²) >= 11 is 1.87. The molecular weight excluding hydrogens is 250 g/mol. The van der Waals surface area contributed by atoms with Gasteiger partial charge in [-0.2, -0.15) is 0 Å². The van der Waals surface area contributed by atoms with Gasteiger partial charge in [0.25, 0.3) is 0 Å². The van der Waals surface area contributed by atoms with E-state index in [9.17, 15) is 4.21 Å². The zero-order chi connectivity index (χ0) is 11.7. The topological polar surface area (TPSA) is 29.1 Å². The Labute approximate surface area is 109 Å². The molecule has 1 aliphatic carbocycles. The summed E-state index contributed by atoms with van der Waals surface area (Å²) in [6, 6.07) is 5.54. The largest absolute Gasteiger partial charge is 0.306 e. The van der Waals surface area contributed by atoms with Crippen LogP contribution in [-0.2, 0) is 10.8 Å². The van der Waals surface area contributed by atoms with Crippen LogP contribution in [0.25, 0.3) is 0 Å². The van der Waals surface area contributed by atoms with Crippen LogP contribution in [0, 0.1) is 5.92 Å². The summed E-state index contributed by atoms with van der Waals surface area (Å²) in [4.78, 5) is 1.49. The van der Waals surface area contributed by atoms with E-state index >= 15 is 0 Å². The molecule has 1 saturated heterocycles. The van der Waals surface area contributed by atoms with Crippen LogP contribution in [0.15, 0.2) is 17.5 Å². The summed E-state index contributed by atoms with van der Waals surface area (Å²) < 4.78 is 11.4. The molecule has 1 unspecified atom stereocenters. The second-order valence-electron chi connectivity index (χ2n) is 5.12. The lowest BCUT2D eigenvalue weighted by Gasteiger charge is -2.28. The third-order valence-corrected chi connectivity index (χ3v) is 6.08. The van der Waals surface area contributed by atoms with Crippen molar-refractivity contribution < 1.29 is 4.21 Å². The highest BCUT2D eigenvalue weighted by atomic mass is 32.2. The molecule has 4 heteroatoms. The Kier molecular flexibility index (Phi) is 3.64. The van der Waals surface area contributed by atoms with E-state index in [1.807, 2.05) is 11.3 Å². The Bertz CT molecular complexity index is 376. The molecule has 0 aromatic carbocycles. The zero-order valence-corrected chi connectivity index (χ0v) is 11.6. The Morgan fingerprint density at radius 2 is 2.06 bits per heavy atom.